The number of hydrogen-bond donors (Lipinski definition) is 2. The summed E-state index contributed by atoms with van der Waals surface area (Å²) < 4.78 is 22.5. The van der Waals surface area contributed by atoms with Crippen LogP contribution in [0.25, 0.3) is 0 Å². The van der Waals surface area contributed by atoms with Gasteiger partial charge in [-0.1, -0.05) is 39.2 Å². The summed E-state index contributed by atoms with van der Waals surface area (Å²) in [5.41, 5.74) is 1.02. The van der Waals surface area contributed by atoms with Crippen LogP contribution >= 0.6 is 0 Å². The highest BCUT2D eigenvalue weighted by Gasteiger charge is 2.35. The van der Waals surface area contributed by atoms with Crippen LogP contribution < -0.4 is 10.6 Å². The quantitative estimate of drug-likeness (QED) is 0.275. The number of nitrogens with zero attached hydrogens (tertiary/aromatic N) is 4. The smallest absolute Gasteiger partial charge is 0.245 e. The molecule has 12 heteroatoms. The predicted molar refractivity (Wildman–Crippen MR) is 177 cm³/mol. The van der Waals surface area contributed by atoms with Gasteiger partial charge in [-0.3, -0.25) is 28.8 Å². The number of amides is 3. The molecule has 1 aromatic heterocycles. The number of ketones is 1. The van der Waals surface area contributed by atoms with Crippen LogP contribution in [-0.4, -0.2) is 95.6 Å². The number of nitrogens with one attached hydrogen (secondary N) is 2. The average molecular weight is 655 g/mol. The van der Waals surface area contributed by atoms with Gasteiger partial charge in [0.15, 0.2) is 5.78 Å². The zero-order valence-corrected chi connectivity index (χ0v) is 28.3. The summed E-state index contributed by atoms with van der Waals surface area (Å²) in [4.78, 5) is 57.2. The number of Topliss-reactive ketones (excluding diaryl/α,β-unsaturated/α-hetero) is 1. The Balaban J connectivity index is 1.48. The normalized spacial score (nSPS) is 17.9. The lowest BCUT2D eigenvalue weighted by atomic mass is 9.77. The fraction of sp³-hybridized carbons (Fsp3) is 0.629. The van der Waals surface area contributed by atoms with Crippen LogP contribution in [0.1, 0.15) is 87.7 Å². The number of halogens is 1. The Kier molecular flexibility index (Phi) is 13.5. The molecule has 0 radical (unpaired) electrons. The monoisotopic (exact) mass is 654 g/mol. The molecule has 3 amide bonds. The van der Waals surface area contributed by atoms with Gasteiger partial charge in [-0.15, -0.1) is 0 Å². The number of aryl methyl sites for hydroxylation is 1. The van der Waals surface area contributed by atoms with Crippen molar-refractivity contribution in [1.82, 2.24) is 24.9 Å². The highest BCUT2D eigenvalue weighted by molar-refractivity contribution is 6.00. The van der Waals surface area contributed by atoms with E-state index >= 15 is 4.39 Å². The van der Waals surface area contributed by atoms with Crippen LogP contribution in [0.2, 0.25) is 0 Å². The molecule has 1 aliphatic heterocycles. The van der Waals surface area contributed by atoms with Gasteiger partial charge in [-0.25, -0.2) is 4.39 Å². The molecule has 2 heterocycles. The Bertz CT molecular complexity index is 1370. The summed E-state index contributed by atoms with van der Waals surface area (Å²) in [5, 5.41) is 9.84. The number of anilines is 1. The molecule has 0 unspecified atom stereocenters. The van der Waals surface area contributed by atoms with E-state index in [1.807, 2.05) is 6.92 Å². The van der Waals surface area contributed by atoms with Gasteiger partial charge in [0, 0.05) is 77.3 Å². The fourth-order valence-electron chi connectivity index (χ4n) is 6.75. The van der Waals surface area contributed by atoms with E-state index in [2.05, 4.69) is 20.6 Å². The number of hydrogen-bond acceptors (Lipinski definition) is 7. The van der Waals surface area contributed by atoms with Crippen molar-refractivity contribution in [2.75, 3.05) is 51.8 Å². The molecule has 4 rings (SSSR count). The zero-order valence-electron chi connectivity index (χ0n) is 28.3. The summed E-state index contributed by atoms with van der Waals surface area (Å²) in [6.45, 7) is 9.84. The summed E-state index contributed by atoms with van der Waals surface area (Å²) in [5.74, 6) is -2.72. The summed E-state index contributed by atoms with van der Waals surface area (Å²) in [7, 11) is 1.66. The van der Waals surface area contributed by atoms with Gasteiger partial charge in [-0.05, 0) is 49.4 Å². The number of carbonyl (C=O) groups excluding carboxylic acids is 4. The second-order valence-corrected chi connectivity index (χ2v) is 12.7. The summed E-state index contributed by atoms with van der Waals surface area (Å²) in [6.07, 6.45) is 6.61. The standard InChI is InChI=1S/C35H51FN6O5/c1-5-32(44)39-33(35(46)41-18-16-40(17-19-41)20-21-47-4)24(3)26-12-13-29(28(36)22-26)38-34(45)27(25-10-8-7-9-11-25)23-31(43)30-14-15-37-42(30)6-2/h12-15,22,24-25,27,33H,5-11,16-21,23H2,1-4H3,(H,38,45)(H,39,44)/t24-,27-,33+/m0/s1. The lowest BCUT2D eigenvalue weighted by Crippen LogP contribution is -2.56. The third-order valence-electron chi connectivity index (χ3n) is 9.74. The third-order valence-corrected chi connectivity index (χ3v) is 9.74. The van der Waals surface area contributed by atoms with E-state index in [-0.39, 0.29) is 48.0 Å². The van der Waals surface area contributed by atoms with Crippen molar-refractivity contribution in [2.45, 2.75) is 84.2 Å². The van der Waals surface area contributed by atoms with Crippen LogP contribution in [0.3, 0.4) is 0 Å². The van der Waals surface area contributed by atoms with Gasteiger partial charge >= 0.3 is 0 Å². The summed E-state index contributed by atoms with van der Waals surface area (Å²) >= 11 is 0. The van der Waals surface area contributed by atoms with E-state index in [4.69, 9.17) is 4.74 Å². The predicted octanol–water partition coefficient (Wildman–Crippen LogP) is 4.24. The lowest BCUT2D eigenvalue weighted by molar-refractivity contribution is -0.138. The number of carbonyl (C=O) groups is 4. The number of piperazine rings is 1. The molecule has 11 nitrogen and oxygen atoms in total. The molecule has 1 saturated carbocycles. The zero-order chi connectivity index (χ0) is 33.9. The van der Waals surface area contributed by atoms with Crippen molar-refractivity contribution in [3.63, 3.8) is 0 Å². The van der Waals surface area contributed by atoms with Gasteiger partial charge in [-0.2, -0.15) is 5.10 Å². The van der Waals surface area contributed by atoms with Crippen molar-refractivity contribution in [3.8, 4) is 0 Å². The topological polar surface area (TPSA) is 126 Å². The molecular formula is C35H51FN6O5. The van der Waals surface area contributed by atoms with Crippen LogP contribution in [-0.2, 0) is 25.7 Å². The number of methoxy groups -OCH3 is 1. The first-order chi connectivity index (χ1) is 22.7. The molecule has 1 saturated heterocycles. The van der Waals surface area contributed by atoms with E-state index < -0.39 is 23.7 Å². The Labute approximate surface area is 277 Å². The molecule has 0 spiro atoms. The molecule has 2 aliphatic rings. The Hall–Kier alpha value is -3.64. The molecule has 0 bridgehead atoms. The van der Waals surface area contributed by atoms with Gasteiger partial charge in [0.05, 0.1) is 12.3 Å². The summed E-state index contributed by atoms with van der Waals surface area (Å²) in [6, 6.07) is 5.31. The maximum atomic E-state index is 15.7. The second kappa shape index (κ2) is 17.5. The SMILES string of the molecule is CCC(=O)N[C@@H](C(=O)N1CCN(CCOC)CC1)[C@@H](C)c1ccc(NC(=O)[C@@H](CC(=O)c2ccnn2CC)C2CCCCC2)c(F)c1. The van der Waals surface area contributed by atoms with Crippen LogP contribution in [0.15, 0.2) is 30.5 Å². The van der Waals surface area contributed by atoms with Crippen molar-refractivity contribution in [1.29, 1.82) is 0 Å². The minimum Gasteiger partial charge on any atom is -0.383 e. The van der Waals surface area contributed by atoms with Crippen molar-refractivity contribution in [2.24, 2.45) is 11.8 Å². The second-order valence-electron chi connectivity index (χ2n) is 12.7. The van der Waals surface area contributed by atoms with Gasteiger partial charge in [0.2, 0.25) is 17.7 Å². The molecule has 1 aromatic carbocycles. The van der Waals surface area contributed by atoms with Crippen molar-refractivity contribution >= 4 is 29.2 Å². The van der Waals surface area contributed by atoms with E-state index in [1.54, 1.807) is 48.9 Å². The lowest BCUT2D eigenvalue weighted by Gasteiger charge is -2.37. The molecule has 2 N–H and O–H groups in total. The van der Waals surface area contributed by atoms with E-state index in [9.17, 15) is 19.2 Å². The largest absolute Gasteiger partial charge is 0.383 e. The minimum absolute atomic E-state index is 0.0189. The van der Waals surface area contributed by atoms with E-state index in [1.165, 1.54) is 12.1 Å². The molecule has 47 heavy (non-hydrogen) atoms. The van der Waals surface area contributed by atoms with Crippen LogP contribution in [0.5, 0.6) is 0 Å². The average Bonchev–Trinajstić information content (AvgIpc) is 3.58. The molecule has 2 aromatic rings. The fourth-order valence-corrected chi connectivity index (χ4v) is 6.75. The van der Waals surface area contributed by atoms with Crippen molar-refractivity contribution in [3.05, 3.63) is 47.5 Å². The first-order valence-electron chi connectivity index (χ1n) is 17.1. The van der Waals surface area contributed by atoms with Crippen molar-refractivity contribution < 1.29 is 28.3 Å². The molecule has 1 aliphatic carbocycles. The van der Waals surface area contributed by atoms with Crippen LogP contribution in [0, 0.1) is 17.7 Å². The van der Waals surface area contributed by atoms with Gasteiger partial charge < -0.3 is 20.3 Å². The number of benzene rings is 1. The first kappa shape index (κ1) is 36.2. The Morgan fingerprint density at radius 2 is 1.77 bits per heavy atom. The van der Waals surface area contributed by atoms with E-state index in [0.717, 1.165) is 38.6 Å². The number of ether oxygens (including phenoxy) is 1. The molecule has 258 valence electrons. The highest BCUT2D eigenvalue weighted by Crippen LogP contribution is 2.34. The van der Waals surface area contributed by atoms with Gasteiger partial charge in [0.25, 0.3) is 0 Å². The maximum absolute atomic E-state index is 15.7. The van der Waals surface area contributed by atoms with Gasteiger partial charge in [0.1, 0.15) is 17.6 Å². The van der Waals surface area contributed by atoms with E-state index in [0.29, 0.717) is 50.6 Å². The Morgan fingerprint density at radius 1 is 1.04 bits per heavy atom. The number of aromatic nitrogens is 2. The third kappa shape index (κ3) is 9.47. The van der Waals surface area contributed by atoms with Crippen LogP contribution in [0.4, 0.5) is 10.1 Å². The molecule has 3 atom stereocenters. The minimum atomic E-state index is -0.869. The maximum Gasteiger partial charge on any atom is 0.245 e. The Morgan fingerprint density at radius 3 is 2.40 bits per heavy atom. The number of rotatable bonds is 15. The highest BCUT2D eigenvalue weighted by atomic mass is 19.1. The molecule has 2 fully saturated rings. The first-order valence-corrected chi connectivity index (χ1v) is 17.1. The molecular weight excluding hydrogens is 603 g/mol.